The van der Waals surface area contributed by atoms with Crippen molar-refractivity contribution >= 4 is 11.9 Å². The van der Waals surface area contributed by atoms with E-state index in [1.54, 1.807) is 0 Å². The highest BCUT2D eigenvalue weighted by atomic mass is 16.2. The summed E-state index contributed by atoms with van der Waals surface area (Å²) in [7, 11) is 0. The van der Waals surface area contributed by atoms with Crippen molar-refractivity contribution in [3.63, 3.8) is 0 Å². The van der Waals surface area contributed by atoms with Gasteiger partial charge in [0.15, 0.2) is 0 Å². The van der Waals surface area contributed by atoms with E-state index in [0.717, 1.165) is 56.4 Å². The highest BCUT2D eigenvalue weighted by Gasteiger charge is 2.51. The average Bonchev–Trinajstić information content (AvgIpc) is 2.52. The first-order valence-electron chi connectivity index (χ1n) is 10.1. The molecule has 140 valence electrons. The van der Waals surface area contributed by atoms with Crippen LogP contribution in [-0.2, 0) is 4.79 Å². The number of carbonyl (C=O) groups excluding carboxylic acids is 2. The SMILES string of the molecule is NC1CCCN(C(=O)CCNC(=O)NC23CC4CC(CC(C4)C2)C3)C1. The summed E-state index contributed by atoms with van der Waals surface area (Å²) in [4.78, 5) is 26.4. The summed E-state index contributed by atoms with van der Waals surface area (Å²) in [6, 6.07) is 0.00939. The molecule has 6 heteroatoms. The lowest BCUT2D eigenvalue weighted by atomic mass is 9.53. The number of nitrogens with two attached hydrogens (primary N) is 1. The number of piperidine rings is 1. The topological polar surface area (TPSA) is 87.5 Å². The maximum atomic E-state index is 12.4. The Balaban J connectivity index is 1.21. The van der Waals surface area contributed by atoms with Crippen LogP contribution in [0.3, 0.4) is 0 Å². The average molecular weight is 348 g/mol. The molecule has 0 aromatic heterocycles. The van der Waals surface area contributed by atoms with E-state index in [-0.39, 0.29) is 23.5 Å². The molecule has 6 nitrogen and oxygen atoms in total. The normalized spacial score (nSPS) is 39.3. The fourth-order valence-electron chi connectivity index (χ4n) is 6.23. The molecule has 4 saturated carbocycles. The van der Waals surface area contributed by atoms with Crippen LogP contribution in [0.4, 0.5) is 4.79 Å². The summed E-state index contributed by atoms with van der Waals surface area (Å²) in [5.41, 5.74) is 5.96. The van der Waals surface area contributed by atoms with Crippen molar-refractivity contribution in [2.75, 3.05) is 19.6 Å². The van der Waals surface area contributed by atoms with E-state index < -0.39 is 0 Å². The third kappa shape index (κ3) is 3.78. The van der Waals surface area contributed by atoms with Crippen LogP contribution in [0.25, 0.3) is 0 Å². The van der Waals surface area contributed by atoms with Gasteiger partial charge in [0.1, 0.15) is 0 Å². The van der Waals surface area contributed by atoms with Gasteiger partial charge in [-0.1, -0.05) is 0 Å². The fraction of sp³-hybridized carbons (Fsp3) is 0.895. The Hall–Kier alpha value is -1.30. The van der Waals surface area contributed by atoms with Gasteiger partial charge in [0.2, 0.25) is 5.91 Å². The molecule has 1 aliphatic heterocycles. The molecule has 1 atom stereocenters. The zero-order valence-electron chi connectivity index (χ0n) is 15.1. The van der Waals surface area contributed by atoms with Crippen molar-refractivity contribution < 1.29 is 9.59 Å². The molecule has 5 rings (SSSR count). The number of likely N-dealkylation sites (tertiary alicyclic amines) is 1. The molecular formula is C19H32N4O2. The van der Waals surface area contributed by atoms with E-state index in [9.17, 15) is 9.59 Å². The summed E-state index contributed by atoms with van der Waals surface area (Å²) in [6.45, 7) is 1.85. The van der Waals surface area contributed by atoms with Crippen molar-refractivity contribution in [3.05, 3.63) is 0 Å². The van der Waals surface area contributed by atoms with Gasteiger partial charge in [0, 0.05) is 37.6 Å². The van der Waals surface area contributed by atoms with E-state index in [1.165, 1.54) is 19.3 Å². The first-order chi connectivity index (χ1) is 12.0. The van der Waals surface area contributed by atoms with Crippen molar-refractivity contribution in [2.24, 2.45) is 23.5 Å². The summed E-state index contributed by atoms with van der Waals surface area (Å²) in [5, 5.41) is 6.20. The number of nitrogens with one attached hydrogen (secondary N) is 2. The van der Waals surface area contributed by atoms with Crippen LogP contribution in [0, 0.1) is 17.8 Å². The predicted molar refractivity (Wildman–Crippen MR) is 95.8 cm³/mol. The van der Waals surface area contributed by atoms with Gasteiger partial charge in [-0.3, -0.25) is 4.79 Å². The predicted octanol–water partition coefficient (Wildman–Crippen LogP) is 1.59. The standard InChI is InChI=1S/C19H32N4O2/c20-16-2-1-5-23(12-16)17(24)3-4-21-18(25)22-19-9-13-6-14(10-19)8-15(7-13)11-19/h13-16H,1-12,20H2,(H2,21,22,25). The Labute approximate surface area is 150 Å². The first kappa shape index (κ1) is 17.1. The molecule has 3 amide bonds. The molecule has 1 heterocycles. The number of hydrogen-bond donors (Lipinski definition) is 3. The number of rotatable bonds is 4. The Morgan fingerprint density at radius 2 is 1.72 bits per heavy atom. The first-order valence-corrected chi connectivity index (χ1v) is 10.1. The molecule has 0 aromatic rings. The van der Waals surface area contributed by atoms with Gasteiger partial charge in [-0.15, -0.1) is 0 Å². The summed E-state index contributed by atoms with van der Waals surface area (Å²) in [6.07, 6.45) is 9.90. The molecule has 4 N–H and O–H groups in total. The van der Waals surface area contributed by atoms with Crippen molar-refractivity contribution in [1.82, 2.24) is 15.5 Å². The quantitative estimate of drug-likeness (QED) is 0.721. The van der Waals surface area contributed by atoms with Crippen LogP contribution in [0.1, 0.15) is 57.8 Å². The summed E-state index contributed by atoms with van der Waals surface area (Å²) < 4.78 is 0. The lowest BCUT2D eigenvalue weighted by Crippen LogP contribution is -2.61. The molecule has 1 unspecified atom stereocenters. The second kappa shape index (κ2) is 6.78. The second-order valence-electron chi connectivity index (χ2n) is 9.07. The van der Waals surface area contributed by atoms with E-state index >= 15 is 0 Å². The number of hydrogen-bond acceptors (Lipinski definition) is 3. The number of carbonyl (C=O) groups is 2. The van der Waals surface area contributed by atoms with Crippen molar-refractivity contribution in [3.8, 4) is 0 Å². The molecular weight excluding hydrogens is 316 g/mol. The monoisotopic (exact) mass is 348 g/mol. The lowest BCUT2D eigenvalue weighted by molar-refractivity contribution is -0.132. The molecule has 5 aliphatic rings. The summed E-state index contributed by atoms with van der Waals surface area (Å²) in [5.74, 6) is 2.55. The van der Waals surface area contributed by atoms with E-state index in [4.69, 9.17) is 5.73 Å². The van der Waals surface area contributed by atoms with E-state index in [1.807, 2.05) is 4.90 Å². The molecule has 0 radical (unpaired) electrons. The van der Waals surface area contributed by atoms with Crippen LogP contribution < -0.4 is 16.4 Å². The number of nitrogens with zero attached hydrogens (tertiary/aromatic N) is 1. The molecule has 0 aromatic carbocycles. The highest BCUT2D eigenvalue weighted by molar-refractivity contribution is 5.78. The number of amides is 3. The van der Waals surface area contributed by atoms with E-state index in [2.05, 4.69) is 10.6 Å². The lowest BCUT2D eigenvalue weighted by Gasteiger charge is -2.56. The third-order valence-corrected chi connectivity index (χ3v) is 6.85. The number of urea groups is 1. The van der Waals surface area contributed by atoms with Crippen LogP contribution in [0.2, 0.25) is 0 Å². The Morgan fingerprint density at radius 3 is 2.32 bits per heavy atom. The van der Waals surface area contributed by atoms with Gasteiger partial charge in [-0.25, -0.2) is 4.79 Å². The highest BCUT2D eigenvalue weighted by Crippen LogP contribution is 2.55. The van der Waals surface area contributed by atoms with Gasteiger partial charge >= 0.3 is 6.03 Å². The van der Waals surface area contributed by atoms with Crippen LogP contribution in [0.5, 0.6) is 0 Å². The van der Waals surface area contributed by atoms with Gasteiger partial charge < -0.3 is 21.3 Å². The van der Waals surface area contributed by atoms with Gasteiger partial charge in [0.05, 0.1) is 0 Å². The molecule has 25 heavy (non-hydrogen) atoms. The van der Waals surface area contributed by atoms with Crippen LogP contribution >= 0.6 is 0 Å². The molecule has 5 fully saturated rings. The van der Waals surface area contributed by atoms with Gasteiger partial charge in [-0.2, -0.15) is 0 Å². The summed E-state index contributed by atoms with van der Waals surface area (Å²) >= 11 is 0. The Kier molecular flexibility index (Phi) is 4.65. The van der Waals surface area contributed by atoms with Gasteiger partial charge in [-0.05, 0) is 69.1 Å². The Bertz CT molecular complexity index is 500. The third-order valence-electron chi connectivity index (χ3n) is 6.85. The van der Waals surface area contributed by atoms with Crippen molar-refractivity contribution in [2.45, 2.75) is 69.4 Å². The minimum Gasteiger partial charge on any atom is -0.341 e. The molecule has 0 spiro atoms. The largest absolute Gasteiger partial charge is 0.341 e. The maximum Gasteiger partial charge on any atom is 0.315 e. The van der Waals surface area contributed by atoms with E-state index in [0.29, 0.717) is 19.5 Å². The maximum absolute atomic E-state index is 12.4. The van der Waals surface area contributed by atoms with Gasteiger partial charge in [0.25, 0.3) is 0 Å². The second-order valence-corrected chi connectivity index (χ2v) is 9.07. The fourth-order valence-corrected chi connectivity index (χ4v) is 6.23. The molecule has 1 saturated heterocycles. The molecule has 4 bridgehead atoms. The van der Waals surface area contributed by atoms with Crippen LogP contribution in [-0.4, -0.2) is 48.1 Å². The minimum atomic E-state index is -0.0925. The van der Waals surface area contributed by atoms with Crippen LogP contribution in [0.15, 0.2) is 0 Å². The Morgan fingerprint density at radius 1 is 1.08 bits per heavy atom. The zero-order valence-corrected chi connectivity index (χ0v) is 15.1. The smallest absolute Gasteiger partial charge is 0.315 e. The molecule has 4 aliphatic carbocycles. The zero-order chi connectivity index (χ0) is 17.4. The van der Waals surface area contributed by atoms with Crippen molar-refractivity contribution in [1.29, 1.82) is 0 Å². The minimum absolute atomic E-state index is 0.0302.